The fourth-order valence-corrected chi connectivity index (χ4v) is 1.97. The molecule has 0 spiro atoms. The largest absolute Gasteiger partial charge is 0.399 e. The Morgan fingerprint density at radius 2 is 1.94 bits per heavy atom. The molecule has 2 rings (SSSR count). The molecule has 0 aromatic heterocycles. The number of rotatable bonds is 2. The van der Waals surface area contributed by atoms with E-state index in [1.54, 1.807) is 0 Å². The normalized spacial score (nSPS) is 9.65. The summed E-state index contributed by atoms with van der Waals surface area (Å²) in [5, 5.41) is 12.3. The van der Waals surface area contributed by atoms with Crippen LogP contribution in [0.25, 0.3) is 0 Å². The number of benzene rings is 2. The van der Waals surface area contributed by atoms with Crippen molar-refractivity contribution >= 4 is 33.0 Å². The monoisotopic (exact) mass is 287 g/mol. The van der Waals surface area contributed by atoms with E-state index in [1.807, 2.05) is 42.5 Å². The highest BCUT2D eigenvalue weighted by molar-refractivity contribution is 9.10. The summed E-state index contributed by atoms with van der Waals surface area (Å²) in [5.74, 6) is 0. The summed E-state index contributed by atoms with van der Waals surface area (Å²) in [6.07, 6.45) is 0. The second-order valence-electron chi connectivity index (χ2n) is 3.52. The molecule has 0 aliphatic heterocycles. The molecule has 84 valence electrons. The summed E-state index contributed by atoms with van der Waals surface area (Å²) in [7, 11) is 0. The number of nitriles is 1. The number of halogens is 1. The Labute approximate surface area is 108 Å². The van der Waals surface area contributed by atoms with Gasteiger partial charge in [-0.1, -0.05) is 12.1 Å². The van der Waals surface area contributed by atoms with Crippen LogP contribution in [0, 0.1) is 11.3 Å². The van der Waals surface area contributed by atoms with Gasteiger partial charge in [-0.15, -0.1) is 0 Å². The lowest BCUT2D eigenvalue weighted by Crippen LogP contribution is -1.95. The molecule has 0 atom stereocenters. The molecule has 4 heteroatoms. The molecule has 0 fully saturated rings. The van der Waals surface area contributed by atoms with Crippen LogP contribution in [0.1, 0.15) is 5.56 Å². The highest BCUT2D eigenvalue weighted by atomic mass is 79.9. The summed E-state index contributed by atoms with van der Waals surface area (Å²) in [6, 6.07) is 15.1. The van der Waals surface area contributed by atoms with Crippen molar-refractivity contribution in [1.29, 1.82) is 5.26 Å². The molecular weight excluding hydrogens is 278 g/mol. The molecule has 3 nitrogen and oxygen atoms in total. The lowest BCUT2D eigenvalue weighted by atomic mass is 10.2. The molecule has 3 N–H and O–H groups in total. The van der Waals surface area contributed by atoms with E-state index in [4.69, 9.17) is 11.0 Å². The van der Waals surface area contributed by atoms with Crippen molar-refractivity contribution in [3.05, 3.63) is 52.5 Å². The fourth-order valence-electron chi connectivity index (χ4n) is 1.51. The summed E-state index contributed by atoms with van der Waals surface area (Å²) in [5.41, 5.74) is 8.58. The Kier molecular flexibility index (Phi) is 3.31. The highest BCUT2D eigenvalue weighted by Crippen LogP contribution is 2.27. The van der Waals surface area contributed by atoms with Crippen molar-refractivity contribution in [3.63, 3.8) is 0 Å². The molecule has 0 unspecified atom stereocenters. The minimum atomic E-state index is 0.579. The van der Waals surface area contributed by atoms with E-state index in [9.17, 15) is 0 Å². The van der Waals surface area contributed by atoms with Crippen LogP contribution in [0.2, 0.25) is 0 Å². The Bertz CT molecular complexity index is 587. The molecule has 0 aliphatic rings. The van der Waals surface area contributed by atoms with Crippen LogP contribution >= 0.6 is 15.9 Å². The van der Waals surface area contributed by atoms with Crippen molar-refractivity contribution in [3.8, 4) is 6.07 Å². The van der Waals surface area contributed by atoms with Gasteiger partial charge in [0, 0.05) is 15.8 Å². The van der Waals surface area contributed by atoms with E-state index in [2.05, 4.69) is 27.3 Å². The number of hydrogen-bond acceptors (Lipinski definition) is 3. The first-order valence-electron chi connectivity index (χ1n) is 5.02. The first kappa shape index (κ1) is 11.5. The van der Waals surface area contributed by atoms with Crippen molar-refractivity contribution < 1.29 is 0 Å². The Balaban J connectivity index is 2.37. The van der Waals surface area contributed by atoms with Crippen LogP contribution in [0.15, 0.2) is 46.9 Å². The molecule has 2 aromatic rings. The summed E-state index contributed by atoms with van der Waals surface area (Å²) in [4.78, 5) is 0. The first-order chi connectivity index (χ1) is 8.20. The van der Waals surface area contributed by atoms with Gasteiger partial charge in [-0.2, -0.15) is 5.26 Å². The molecule has 0 saturated heterocycles. The van der Waals surface area contributed by atoms with Gasteiger partial charge in [0.15, 0.2) is 0 Å². The van der Waals surface area contributed by atoms with E-state index in [0.717, 1.165) is 15.8 Å². The molecule has 0 amide bonds. The van der Waals surface area contributed by atoms with Gasteiger partial charge in [0.2, 0.25) is 0 Å². The Morgan fingerprint density at radius 3 is 2.65 bits per heavy atom. The lowest BCUT2D eigenvalue weighted by molar-refractivity contribution is 1.44. The lowest BCUT2D eigenvalue weighted by Gasteiger charge is -2.09. The van der Waals surface area contributed by atoms with Gasteiger partial charge >= 0.3 is 0 Å². The maximum atomic E-state index is 9.09. The zero-order valence-corrected chi connectivity index (χ0v) is 10.5. The van der Waals surface area contributed by atoms with Gasteiger partial charge in [-0.25, -0.2) is 0 Å². The zero-order chi connectivity index (χ0) is 12.3. The molecular formula is C13H10BrN3. The number of nitrogens with two attached hydrogens (primary N) is 1. The third-order valence-electron chi connectivity index (χ3n) is 2.29. The predicted octanol–water partition coefficient (Wildman–Crippen LogP) is 3.65. The van der Waals surface area contributed by atoms with Crippen LogP contribution in [-0.2, 0) is 0 Å². The molecule has 0 bridgehead atoms. The minimum Gasteiger partial charge on any atom is -0.399 e. The Hall–Kier alpha value is -1.99. The minimum absolute atomic E-state index is 0.579. The maximum absolute atomic E-state index is 9.09. The van der Waals surface area contributed by atoms with Gasteiger partial charge in [0.05, 0.1) is 11.3 Å². The highest BCUT2D eigenvalue weighted by Gasteiger charge is 2.05. The number of nitrogens with zero attached hydrogens (tertiary/aromatic N) is 1. The van der Waals surface area contributed by atoms with E-state index < -0.39 is 0 Å². The fraction of sp³-hybridized carbons (Fsp3) is 0. The number of nitrogen functional groups attached to an aromatic ring is 1. The van der Waals surface area contributed by atoms with Crippen molar-refractivity contribution in [2.75, 3.05) is 11.1 Å². The molecule has 0 radical (unpaired) electrons. The van der Waals surface area contributed by atoms with Crippen LogP contribution in [0.5, 0.6) is 0 Å². The summed E-state index contributed by atoms with van der Waals surface area (Å²) < 4.78 is 0.772. The van der Waals surface area contributed by atoms with Crippen molar-refractivity contribution in [1.82, 2.24) is 0 Å². The van der Waals surface area contributed by atoms with Crippen molar-refractivity contribution in [2.24, 2.45) is 0 Å². The average molecular weight is 288 g/mol. The Morgan fingerprint density at radius 1 is 1.18 bits per heavy atom. The molecule has 0 aliphatic carbocycles. The first-order valence-corrected chi connectivity index (χ1v) is 5.81. The van der Waals surface area contributed by atoms with Gasteiger partial charge in [-0.05, 0) is 46.3 Å². The maximum Gasteiger partial charge on any atom is 0.103 e. The van der Waals surface area contributed by atoms with Crippen LogP contribution in [0.3, 0.4) is 0 Å². The summed E-state index contributed by atoms with van der Waals surface area (Å²) >= 11 is 3.35. The third kappa shape index (κ3) is 2.58. The number of anilines is 3. The van der Waals surface area contributed by atoms with Gasteiger partial charge < -0.3 is 11.1 Å². The third-order valence-corrected chi connectivity index (χ3v) is 2.95. The van der Waals surface area contributed by atoms with Crippen LogP contribution < -0.4 is 11.1 Å². The second kappa shape index (κ2) is 4.89. The van der Waals surface area contributed by atoms with Crippen LogP contribution in [0.4, 0.5) is 17.1 Å². The smallest absolute Gasteiger partial charge is 0.103 e. The zero-order valence-electron chi connectivity index (χ0n) is 8.94. The van der Waals surface area contributed by atoms with Crippen LogP contribution in [-0.4, -0.2) is 0 Å². The topological polar surface area (TPSA) is 61.8 Å². The number of hydrogen-bond donors (Lipinski definition) is 2. The summed E-state index contributed by atoms with van der Waals surface area (Å²) in [6.45, 7) is 0. The SMILES string of the molecule is N#Cc1c(Br)cccc1Nc1cccc(N)c1. The average Bonchev–Trinajstić information content (AvgIpc) is 2.29. The molecule has 0 heterocycles. The van der Waals surface area contributed by atoms with E-state index >= 15 is 0 Å². The van der Waals surface area contributed by atoms with E-state index in [0.29, 0.717) is 11.3 Å². The second-order valence-corrected chi connectivity index (χ2v) is 4.38. The standard InChI is InChI=1S/C13H10BrN3/c14-12-5-2-6-13(11(12)8-15)17-10-4-1-3-9(16)7-10/h1-7,17H,16H2. The molecule has 17 heavy (non-hydrogen) atoms. The van der Waals surface area contributed by atoms with E-state index in [1.165, 1.54) is 0 Å². The molecule has 2 aromatic carbocycles. The molecule has 0 saturated carbocycles. The number of nitrogens with one attached hydrogen (secondary N) is 1. The predicted molar refractivity (Wildman–Crippen MR) is 73.0 cm³/mol. The van der Waals surface area contributed by atoms with Gasteiger partial charge in [0.1, 0.15) is 6.07 Å². The quantitative estimate of drug-likeness (QED) is 0.829. The van der Waals surface area contributed by atoms with E-state index in [-0.39, 0.29) is 0 Å². The van der Waals surface area contributed by atoms with Gasteiger partial charge in [0.25, 0.3) is 0 Å². The van der Waals surface area contributed by atoms with Crippen molar-refractivity contribution in [2.45, 2.75) is 0 Å². The van der Waals surface area contributed by atoms with Gasteiger partial charge in [-0.3, -0.25) is 0 Å².